The van der Waals surface area contributed by atoms with Crippen molar-refractivity contribution in [1.82, 2.24) is 20.4 Å². The Labute approximate surface area is 221 Å². The molecule has 3 amide bonds. The molecule has 1 atom stereocenters. The van der Waals surface area contributed by atoms with Crippen LogP contribution in [-0.2, 0) is 4.79 Å². The van der Waals surface area contributed by atoms with E-state index in [4.69, 9.17) is 23.2 Å². The number of hydrogen-bond acceptors (Lipinski definition) is 3. The van der Waals surface area contributed by atoms with Crippen LogP contribution in [0, 0.1) is 5.82 Å². The van der Waals surface area contributed by atoms with Crippen molar-refractivity contribution < 1.29 is 14.0 Å². The van der Waals surface area contributed by atoms with Crippen LogP contribution in [0.25, 0.3) is 0 Å². The highest BCUT2D eigenvalue weighted by Gasteiger charge is 2.34. The van der Waals surface area contributed by atoms with Gasteiger partial charge in [-0.05, 0) is 87.1 Å². The lowest BCUT2D eigenvalue weighted by molar-refractivity contribution is -0.118. The predicted octanol–water partition coefficient (Wildman–Crippen LogP) is 5.49. The van der Waals surface area contributed by atoms with Gasteiger partial charge in [0.1, 0.15) is 5.82 Å². The summed E-state index contributed by atoms with van der Waals surface area (Å²) >= 11 is 12.3. The molecule has 4 rings (SSSR count). The van der Waals surface area contributed by atoms with Gasteiger partial charge in [-0.3, -0.25) is 4.79 Å². The van der Waals surface area contributed by atoms with Gasteiger partial charge in [0, 0.05) is 19.3 Å². The largest absolute Gasteiger partial charge is 0.352 e. The summed E-state index contributed by atoms with van der Waals surface area (Å²) < 4.78 is 13.2. The summed E-state index contributed by atoms with van der Waals surface area (Å²) in [6.45, 7) is 5.15. The quantitative estimate of drug-likeness (QED) is 0.463. The lowest BCUT2D eigenvalue weighted by Gasteiger charge is -2.34. The molecule has 0 spiro atoms. The van der Waals surface area contributed by atoms with Crippen molar-refractivity contribution in [2.75, 3.05) is 33.2 Å². The van der Waals surface area contributed by atoms with Gasteiger partial charge in [0.25, 0.3) is 5.91 Å². The maximum absolute atomic E-state index is 13.2. The van der Waals surface area contributed by atoms with Crippen molar-refractivity contribution in [2.45, 2.75) is 38.1 Å². The molecule has 6 nitrogen and oxygen atoms in total. The molecule has 0 aliphatic carbocycles. The van der Waals surface area contributed by atoms with Gasteiger partial charge in [0.15, 0.2) is 0 Å². The highest BCUT2D eigenvalue weighted by atomic mass is 35.5. The summed E-state index contributed by atoms with van der Waals surface area (Å²) in [5.41, 5.74) is 2.97. The Bertz CT molecular complexity index is 1150. The van der Waals surface area contributed by atoms with Gasteiger partial charge in [-0.1, -0.05) is 41.4 Å². The molecule has 2 aliphatic heterocycles. The summed E-state index contributed by atoms with van der Waals surface area (Å²) in [6, 6.07) is 11.0. The lowest BCUT2D eigenvalue weighted by atomic mass is 9.89. The van der Waals surface area contributed by atoms with Crippen molar-refractivity contribution in [3.05, 3.63) is 80.7 Å². The SMILES string of the molecule is CC1=C(C(=O)NCCCN2CCC(c3ccc(F)cc3)CC2)[C@@H](c2ccc(Cl)c(Cl)c2)NC(=O)N1C. The molecule has 192 valence electrons. The van der Waals surface area contributed by atoms with Crippen LogP contribution < -0.4 is 10.6 Å². The number of nitrogens with one attached hydrogen (secondary N) is 2. The third-order valence-electron chi connectivity index (χ3n) is 7.14. The molecule has 0 radical (unpaired) electrons. The molecular weight excluding hydrogens is 502 g/mol. The van der Waals surface area contributed by atoms with Gasteiger partial charge in [-0.25, -0.2) is 9.18 Å². The number of carbonyl (C=O) groups is 2. The van der Waals surface area contributed by atoms with Crippen LogP contribution in [0.5, 0.6) is 0 Å². The van der Waals surface area contributed by atoms with Gasteiger partial charge in [0.2, 0.25) is 0 Å². The van der Waals surface area contributed by atoms with Crippen molar-refractivity contribution in [3.63, 3.8) is 0 Å². The summed E-state index contributed by atoms with van der Waals surface area (Å²) in [6.07, 6.45) is 2.90. The summed E-state index contributed by atoms with van der Waals surface area (Å²) in [5.74, 6) is 0.0495. The number of nitrogens with zero attached hydrogens (tertiary/aromatic N) is 2. The summed E-state index contributed by atoms with van der Waals surface area (Å²) in [5, 5.41) is 6.69. The highest BCUT2D eigenvalue weighted by Crippen LogP contribution is 2.33. The fraction of sp³-hybridized carbons (Fsp3) is 0.407. The van der Waals surface area contributed by atoms with Gasteiger partial charge in [-0.15, -0.1) is 0 Å². The fourth-order valence-corrected chi connectivity index (χ4v) is 5.20. The molecule has 2 aromatic rings. The number of amides is 3. The van der Waals surface area contributed by atoms with Crippen molar-refractivity contribution in [1.29, 1.82) is 0 Å². The van der Waals surface area contributed by atoms with Gasteiger partial charge >= 0.3 is 6.03 Å². The maximum Gasteiger partial charge on any atom is 0.322 e. The summed E-state index contributed by atoms with van der Waals surface area (Å²) in [4.78, 5) is 29.5. The Kier molecular flexibility index (Phi) is 8.54. The van der Waals surface area contributed by atoms with Crippen LogP contribution in [-0.4, -0.2) is 55.0 Å². The number of halogens is 3. The lowest BCUT2D eigenvalue weighted by Crippen LogP contribution is -2.48. The van der Waals surface area contributed by atoms with E-state index >= 15 is 0 Å². The number of carbonyl (C=O) groups excluding carboxylic acids is 2. The van der Waals surface area contributed by atoms with E-state index in [1.54, 1.807) is 32.2 Å². The maximum atomic E-state index is 13.2. The third-order valence-corrected chi connectivity index (χ3v) is 7.88. The summed E-state index contributed by atoms with van der Waals surface area (Å²) in [7, 11) is 1.64. The Balaban J connectivity index is 1.31. The molecule has 9 heteroatoms. The minimum absolute atomic E-state index is 0.199. The van der Waals surface area contributed by atoms with Crippen molar-refractivity contribution in [2.24, 2.45) is 0 Å². The minimum Gasteiger partial charge on any atom is -0.352 e. The van der Waals surface area contributed by atoms with Crippen LogP contribution in [0.1, 0.15) is 49.3 Å². The van der Waals surface area contributed by atoms with Crippen LogP contribution in [0.15, 0.2) is 53.7 Å². The van der Waals surface area contributed by atoms with Crippen LogP contribution in [0.3, 0.4) is 0 Å². The number of likely N-dealkylation sites (tertiary alicyclic amines) is 1. The standard InChI is InChI=1S/C27H31Cl2FN4O2/c1-17-24(25(32-27(36)33(17)2)20-6-9-22(28)23(29)16-20)26(35)31-12-3-13-34-14-10-19(11-15-34)18-4-7-21(30)8-5-18/h4-9,16,19,25H,3,10-15H2,1-2H3,(H,31,35)(H,32,36)/t25-/m1/s1. The minimum atomic E-state index is -0.617. The van der Waals surface area contributed by atoms with E-state index in [9.17, 15) is 14.0 Å². The van der Waals surface area contributed by atoms with Crippen LogP contribution in [0.4, 0.5) is 9.18 Å². The van der Waals surface area contributed by atoms with E-state index in [0.29, 0.717) is 39.3 Å². The second-order valence-electron chi connectivity index (χ2n) is 9.39. The average molecular weight is 533 g/mol. The third kappa shape index (κ3) is 6.02. The average Bonchev–Trinajstić information content (AvgIpc) is 2.87. The first-order valence-corrected chi connectivity index (χ1v) is 13.0. The molecule has 2 aliphatic rings. The van der Waals surface area contributed by atoms with Crippen LogP contribution in [0.2, 0.25) is 10.0 Å². The first kappa shape index (κ1) is 26.5. The van der Waals surface area contributed by atoms with E-state index in [0.717, 1.165) is 38.9 Å². The predicted molar refractivity (Wildman–Crippen MR) is 141 cm³/mol. The molecule has 1 fully saturated rings. The molecule has 2 N–H and O–H groups in total. The normalized spacial score (nSPS) is 19.4. The second kappa shape index (κ2) is 11.6. The number of allylic oxidation sites excluding steroid dienone is 1. The number of urea groups is 1. The Hall–Kier alpha value is -2.61. The monoisotopic (exact) mass is 532 g/mol. The zero-order valence-electron chi connectivity index (χ0n) is 20.5. The molecule has 0 saturated carbocycles. The topological polar surface area (TPSA) is 64.7 Å². The molecule has 0 aromatic heterocycles. The molecule has 0 bridgehead atoms. The highest BCUT2D eigenvalue weighted by molar-refractivity contribution is 6.42. The van der Waals surface area contributed by atoms with E-state index in [-0.39, 0.29) is 17.8 Å². The van der Waals surface area contributed by atoms with Gasteiger partial charge in [0.05, 0.1) is 21.7 Å². The van der Waals surface area contributed by atoms with Gasteiger partial charge in [-0.2, -0.15) is 0 Å². The van der Waals surface area contributed by atoms with Crippen LogP contribution >= 0.6 is 23.2 Å². The van der Waals surface area contributed by atoms with E-state index in [2.05, 4.69) is 15.5 Å². The molecule has 2 heterocycles. The Morgan fingerprint density at radius 3 is 2.42 bits per heavy atom. The molecule has 2 aromatic carbocycles. The first-order chi connectivity index (χ1) is 17.2. The smallest absolute Gasteiger partial charge is 0.322 e. The molecular formula is C27H31Cl2FN4O2. The number of rotatable bonds is 7. The van der Waals surface area contributed by atoms with E-state index < -0.39 is 6.04 Å². The molecule has 0 unspecified atom stereocenters. The van der Waals surface area contributed by atoms with E-state index in [1.807, 2.05) is 12.1 Å². The molecule has 1 saturated heterocycles. The van der Waals surface area contributed by atoms with Gasteiger partial charge < -0.3 is 20.4 Å². The number of hydrogen-bond donors (Lipinski definition) is 2. The van der Waals surface area contributed by atoms with Crippen molar-refractivity contribution >= 4 is 35.1 Å². The fourth-order valence-electron chi connectivity index (χ4n) is 4.90. The zero-order valence-corrected chi connectivity index (χ0v) is 22.0. The first-order valence-electron chi connectivity index (χ1n) is 12.2. The Morgan fingerprint density at radius 2 is 1.75 bits per heavy atom. The molecule has 36 heavy (non-hydrogen) atoms. The van der Waals surface area contributed by atoms with Crippen molar-refractivity contribution in [3.8, 4) is 0 Å². The number of benzene rings is 2. The van der Waals surface area contributed by atoms with E-state index in [1.165, 1.54) is 22.6 Å². The number of piperidine rings is 1. The Morgan fingerprint density at radius 1 is 1.08 bits per heavy atom. The zero-order chi connectivity index (χ0) is 25.8. The second-order valence-corrected chi connectivity index (χ2v) is 10.2.